The van der Waals surface area contributed by atoms with Crippen LogP contribution in [0.1, 0.15) is 19.3 Å². The predicted molar refractivity (Wildman–Crippen MR) is 41.7 cm³/mol. The van der Waals surface area contributed by atoms with Crippen molar-refractivity contribution in [2.24, 2.45) is 0 Å². The number of hydrogen-bond acceptors (Lipinski definition) is 1. The summed E-state index contributed by atoms with van der Waals surface area (Å²) in [4.78, 5) is 0. The second-order valence-electron chi connectivity index (χ2n) is 4.18. The van der Waals surface area contributed by atoms with E-state index in [0.29, 0.717) is 6.04 Å². The number of likely N-dealkylation sites (N-methyl/N-ethyl adjacent to an activating group) is 1. The molecule has 0 amide bonds. The molecule has 1 fully saturated rings. The van der Waals surface area contributed by atoms with Crippen LogP contribution in [0.15, 0.2) is 0 Å². The molecule has 2 atom stereocenters. The van der Waals surface area contributed by atoms with Gasteiger partial charge in [-0.3, -0.25) is 0 Å². The van der Waals surface area contributed by atoms with E-state index in [4.69, 9.17) is 0 Å². The summed E-state index contributed by atoms with van der Waals surface area (Å²) in [5.74, 6) is 0. The van der Waals surface area contributed by atoms with Crippen molar-refractivity contribution >= 4 is 0 Å². The topological polar surface area (TPSA) is 20.2 Å². The fourth-order valence-corrected chi connectivity index (χ4v) is 1.82. The summed E-state index contributed by atoms with van der Waals surface area (Å²) in [5.41, 5.74) is 0. The van der Waals surface area contributed by atoms with Gasteiger partial charge in [0.05, 0.1) is 21.1 Å². The average molecular weight is 144 g/mol. The van der Waals surface area contributed by atoms with Gasteiger partial charge in [0, 0.05) is 6.42 Å². The van der Waals surface area contributed by atoms with Crippen molar-refractivity contribution < 1.29 is 9.59 Å². The molecular formula is C8H18NO+. The summed E-state index contributed by atoms with van der Waals surface area (Å²) >= 11 is 0. The van der Waals surface area contributed by atoms with Crippen molar-refractivity contribution in [1.82, 2.24) is 0 Å². The molecule has 60 valence electrons. The second-order valence-corrected chi connectivity index (χ2v) is 4.18. The lowest BCUT2D eigenvalue weighted by molar-refractivity contribution is -0.898. The molecule has 2 unspecified atom stereocenters. The van der Waals surface area contributed by atoms with Gasteiger partial charge in [-0.2, -0.15) is 0 Å². The monoisotopic (exact) mass is 144 g/mol. The molecule has 0 aromatic heterocycles. The fourth-order valence-electron chi connectivity index (χ4n) is 1.82. The Balaban J connectivity index is 2.55. The smallest absolute Gasteiger partial charge is 0.115 e. The molecule has 1 N–H and O–H groups in total. The van der Waals surface area contributed by atoms with Gasteiger partial charge in [-0.15, -0.1) is 0 Å². The molecule has 1 aliphatic carbocycles. The standard InChI is InChI=1S/C8H18NO/c1-9(2,3)7-5-4-6-8(7)10/h7-8,10H,4-6H2,1-3H3/q+1. The second kappa shape index (κ2) is 2.51. The highest BCUT2D eigenvalue weighted by atomic mass is 16.3. The van der Waals surface area contributed by atoms with Gasteiger partial charge in [-0.25, -0.2) is 0 Å². The minimum absolute atomic E-state index is 0.0556. The zero-order chi connectivity index (χ0) is 7.78. The molecule has 1 aliphatic rings. The summed E-state index contributed by atoms with van der Waals surface area (Å²) in [6, 6.07) is 0.472. The maximum absolute atomic E-state index is 9.51. The van der Waals surface area contributed by atoms with Crippen molar-refractivity contribution in [3.8, 4) is 0 Å². The number of hydrogen-bond donors (Lipinski definition) is 1. The van der Waals surface area contributed by atoms with Crippen LogP contribution in [-0.4, -0.2) is 42.9 Å². The van der Waals surface area contributed by atoms with Gasteiger partial charge in [0.25, 0.3) is 0 Å². The normalized spacial score (nSPS) is 34.8. The van der Waals surface area contributed by atoms with E-state index in [-0.39, 0.29) is 6.10 Å². The zero-order valence-electron chi connectivity index (χ0n) is 7.17. The van der Waals surface area contributed by atoms with E-state index < -0.39 is 0 Å². The SMILES string of the molecule is C[N+](C)(C)C1CCCC1O. The Hall–Kier alpha value is -0.0800. The molecule has 1 saturated carbocycles. The first-order valence-corrected chi connectivity index (χ1v) is 4.01. The summed E-state index contributed by atoms with van der Waals surface area (Å²) < 4.78 is 0.904. The largest absolute Gasteiger partial charge is 0.387 e. The van der Waals surface area contributed by atoms with Crippen molar-refractivity contribution in [3.63, 3.8) is 0 Å². The van der Waals surface area contributed by atoms with Crippen molar-refractivity contribution in [1.29, 1.82) is 0 Å². The van der Waals surface area contributed by atoms with E-state index in [1.54, 1.807) is 0 Å². The van der Waals surface area contributed by atoms with E-state index in [9.17, 15) is 5.11 Å². The van der Waals surface area contributed by atoms with Crippen LogP contribution in [0.5, 0.6) is 0 Å². The van der Waals surface area contributed by atoms with Crippen LogP contribution < -0.4 is 0 Å². The Morgan fingerprint density at radius 2 is 1.80 bits per heavy atom. The maximum atomic E-state index is 9.51. The maximum Gasteiger partial charge on any atom is 0.115 e. The Labute approximate surface area is 63.1 Å². The summed E-state index contributed by atoms with van der Waals surface area (Å²) in [7, 11) is 6.46. The molecular weight excluding hydrogens is 126 g/mol. The van der Waals surface area contributed by atoms with Crippen LogP contribution in [-0.2, 0) is 0 Å². The molecule has 0 aliphatic heterocycles. The molecule has 0 aromatic carbocycles. The van der Waals surface area contributed by atoms with Crippen LogP contribution in [0.2, 0.25) is 0 Å². The zero-order valence-corrected chi connectivity index (χ0v) is 7.17. The molecule has 10 heavy (non-hydrogen) atoms. The van der Waals surface area contributed by atoms with E-state index in [1.165, 1.54) is 12.8 Å². The lowest BCUT2D eigenvalue weighted by atomic mass is 10.2. The van der Waals surface area contributed by atoms with Crippen LogP contribution in [0.25, 0.3) is 0 Å². The van der Waals surface area contributed by atoms with Crippen molar-refractivity contribution in [2.75, 3.05) is 21.1 Å². The molecule has 2 nitrogen and oxygen atoms in total. The number of aliphatic hydroxyl groups excluding tert-OH is 1. The first-order valence-electron chi connectivity index (χ1n) is 4.01. The van der Waals surface area contributed by atoms with E-state index in [0.717, 1.165) is 10.9 Å². The van der Waals surface area contributed by atoms with Crippen molar-refractivity contribution in [3.05, 3.63) is 0 Å². The Morgan fingerprint density at radius 3 is 2.00 bits per heavy atom. The van der Waals surface area contributed by atoms with Crippen LogP contribution in [0.3, 0.4) is 0 Å². The molecule has 2 heteroatoms. The van der Waals surface area contributed by atoms with Crippen LogP contribution in [0.4, 0.5) is 0 Å². The molecule has 0 aromatic rings. The first-order chi connectivity index (χ1) is 4.52. The first kappa shape index (κ1) is 8.02. The van der Waals surface area contributed by atoms with Crippen LogP contribution in [0, 0.1) is 0 Å². The number of nitrogens with zero attached hydrogens (tertiary/aromatic N) is 1. The van der Waals surface area contributed by atoms with E-state index in [1.807, 2.05) is 0 Å². The lowest BCUT2D eigenvalue weighted by Crippen LogP contribution is -2.48. The van der Waals surface area contributed by atoms with Gasteiger partial charge in [-0.1, -0.05) is 0 Å². The summed E-state index contributed by atoms with van der Waals surface area (Å²) in [6.07, 6.45) is 3.33. The third-order valence-electron chi connectivity index (χ3n) is 2.44. The third kappa shape index (κ3) is 1.50. The molecule has 1 rings (SSSR count). The number of quaternary nitrogens is 1. The molecule has 0 saturated heterocycles. The highest BCUT2D eigenvalue weighted by Crippen LogP contribution is 2.25. The Kier molecular flexibility index (Phi) is 2.02. The van der Waals surface area contributed by atoms with Crippen molar-refractivity contribution in [2.45, 2.75) is 31.4 Å². The molecule has 0 spiro atoms. The van der Waals surface area contributed by atoms with Crippen LogP contribution >= 0.6 is 0 Å². The average Bonchev–Trinajstić information content (AvgIpc) is 2.11. The third-order valence-corrected chi connectivity index (χ3v) is 2.44. The highest BCUT2D eigenvalue weighted by Gasteiger charge is 2.35. The fraction of sp³-hybridized carbons (Fsp3) is 1.00. The number of rotatable bonds is 1. The Bertz CT molecular complexity index is 117. The minimum atomic E-state index is -0.0556. The van der Waals surface area contributed by atoms with Gasteiger partial charge >= 0.3 is 0 Å². The van der Waals surface area contributed by atoms with Gasteiger partial charge in [0.2, 0.25) is 0 Å². The minimum Gasteiger partial charge on any atom is -0.387 e. The molecule has 0 heterocycles. The Morgan fingerprint density at radius 1 is 1.20 bits per heavy atom. The van der Waals surface area contributed by atoms with E-state index >= 15 is 0 Å². The summed E-state index contributed by atoms with van der Waals surface area (Å²) in [5, 5.41) is 9.51. The van der Waals surface area contributed by atoms with Gasteiger partial charge in [-0.05, 0) is 12.8 Å². The quantitative estimate of drug-likeness (QED) is 0.534. The highest BCUT2D eigenvalue weighted by molar-refractivity contribution is 4.76. The van der Waals surface area contributed by atoms with Gasteiger partial charge in [0.15, 0.2) is 0 Å². The molecule has 0 radical (unpaired) electrons. The van der Waals surface area contributed by atoms with Gasteiger partial charge in [0.1, 0.15) is 12.1 Å². The number of aliphatic hydroxyl groups is 1. The van der Waals surface area contributed by atoms with E-state index in [2.05, 4.69) is 21.1 Å². The summed E-state index contributed by atoms with van der Waals surface area (Å²) in [6.45, 7) is 0. The van der Waals surface area contributed by atoms with Gasteiger partial charge < -0.3 is 9.59 Å². The predicted octanol–water partition coefficient (Wildman–Crippen LogP) is 0.606. The lowest BCUT2D eigenvalue weighted by Gasteiger charge is -2.33. The molecule has 0 bridgehead atoms.